The molecule has 2 aliphatic rings. The van der Waals surface area contributed by atoms with Gasteiger partial charge in [-0.2, -0.15) is 4.31 Å². The lowest BCUT2D eigenvalue weighted by atomic mass is 9.94. The molecule has 1 aliphatic heterocycles. The average Bonchev–Trinajstić information content (AvgIpc) is 2.74. The van der Waals surface area contributed by atoms with E-state index in [1.54, 1.807) is 12.1 Å². The molecule has 1 aromatic rings. The topological polar surface area (TPSA) is 83.5 Å². The molecule has 3 atom stereocenters. The molecule has 1 heterocycles. The number of carbonyl (C=O) groups excluding carboxylic acids is 1. The van der Waals surface area contributed by atoms with Gasteiger partial charge in [-0.1, -0.05) is 26.7 Å². The molecule has 1 aromatic carbocycles. The lowest BCUT2D eigenvalue weighted by molar-refractivity contribution is 0.0929. The molecule has 1 saturated heterocycles. The van der Waals surface area contributed by atoms with Crippen molar-refractivity contribution < 1.29 is 17.4 Å². The van der Waals surface area contributed by atoms with Crippen molar-refractivity contribution >= 4 is 26.7 Å². The number of rotatable bonds is 6. The van der Waals surface area contributed by atoms with E-state index in [2.05, 4.69) is 12.2 Å². The fraction of sp³-hybridized carbons (Fsp3) is 0.667. The monoisotopic (exact) mass is 440 g/mol. The number of benzene rings is 1. The Kier molecular flexibility index (Phi) is 7.51. The third kappa shape index (κ3) is 5.27. The molecule has 1 amide bonds. The molecule has 2 fully saturated rings. The first-order chi connectivity index (χ1) is 13.8. The summed E-state index contributed by atoms with van der Waals surface area (Å²) in [5.41, 5.74) is 0.433. The highest BCUT2D eigenvalue weighted by Gasteiger charge is 2.31. The summed E-state index contributed by atoms with van der Waals surface area (Å²) in [7, 11) is -4.45. The van der Waals surface area contributed by atoms with Crippen molar-refractivity contribution in [2.45, 2.75) is 68.6 Å². The Bertz CT molecular complexity index is 831. The highest BCUT2D eigenvalue weighted by atomic mass is 32.2. The van der Waals surface area contributed by atoms with Crippen LogP contribution in [0.2, 0.25) is 0 Å². The highest BCUT2D eigenvalue weighted by Crippen LogP contribution is 2.25. The van der Waals surface area contributed by atoms with Crippen molar-refractivity contribution in [2.75, 3.05) is 18.8 Å². The predicted octanol–water partition coefficient (Wildman–Crippen LogP) is 2.92. The van der Waals surface area contributed by atoms with Crippen LogP contribution in [0.25, 0.3) is 0 Å². The van der Waals surface area contributed by atoms with Gasteiger partial charge in [0.15, 0.2) is 0 Å². The van der Waals surface area contributed by atoms with Crippen molar-refractivity contribution in [3.63, 3.8) is 0 Å². The van der Waals surface area contributed by atoms with Gasteiger partial charge in [-0.3, -0.25) is 9.00 Å². The van der Waals surface area contributed by atoms with Crippen LogP contribution >= 0.6 is 0 Å². The number of sulfonamides is 1. The summed E-state index contributed by atoms with van der Waals surface area (Å²) in [6.07, 6.45) is 5.53. The van der Waals surface area contributed by atoms with Crippen LogP contribution in [0.3, 0.4) is 0 Å². The van der Waals surface area contributed by atoms with Gasteiger partial charge < -0.3 is 5.32 Å². The maximum Gasteiger partial charge on any atom is 0.251 e. The molecule has 162 valence electrons. The summed E-state index contributed by atoms with van der Waals surface area (Å²) in [6, 6.07) is 6.10. The molecule has 6 nitrogen and oxygen atoms in total. The van der Waals surface area contributed by atoms with E-state index in [1.165, 1.54) is 16.4 Å². The summed E-state index contributed by atoms with van der Waals surface area (Å²) < 4.78 is 39.5. The molecule has 0 aromatic heterocycles. The molecule has 8 heteroatoms. The lowest BCUT2D eigenvalue weighted by Crippen LogP contribution is -2.47. The third-order valence-electron chi connectivity index (χ3n) is 6.14. The minimum absolute atomic E-state index is 0.00107. The molecule has 1 saturated carbocycles. The Morgan fingerprint density at radius 1 is 1.10 bits per heavy atom. The molecule has 0 spiro atoms. The largest absolute Gasteiger partial charge is 0.348 e. The summed E-state index contributed by atoms with van der Waals surface area (Å²) in [5.74, 6) is 0.919. The number of nitrogens with zero attached hydrogens (tertiary/aromatic N) is 1. The Morgan fingerprint density at radius 2 is 1.72 bits per heavy atom. The van der Waals surface area contributed by atoms with E-state index in [4.69, 9.17) is 0 Å². The number of hydrogen-bond donors (Lipinski definition) is 1. The zero-order valence-corrected chi connectivity index (χ0v) is 18.9. The second kappa shape index (κ2) is 9.71. The van der Waals surface area contributed by atoms with Gasteiger partial charge in [0.2, 0.25) is 10.0 Å². The number of carbonyl (C=O) groups is 1. The first-order valence-electron chi connectivity index (χ1n) is 10.6. The van der Waals surface area contributed by atoms with E-state index in [0.29, 0.717) is 30.3 Å². The van der Waals surface area contributed by atoms with Crippen molar-refractivity contribution in [2.24, 2.45) is 5.92 Å². The second-order valence-corrected chi connectivity index (χ2v) is 12.1. The van der Waals surface area contributed by atoms with Crippen molar-refractivity contribution in [3.8, 4) is 0 Å². The fourth-order valence-corrected chi connectivity index (χ4v) is 7.09. The minimum atomic E-state index is -3.52. The molecule has 0 radical (unpaired) electrons. The van der Waals surface area contributed by atoms with Crippen LogP contribution in [0.15, 0.2) is 29.2 Å². The molecule has 29 heavy (non-hydrogen) atoms. The zero-order chi connectivity index (χ0) is 21.0. The van der Waals surface area contributed by atoms with Gasteiger partial charge >= 0.3 is 0 Å². The first kappa shape index (κ1) is 22.4. The SMILES string of the molecule is CCS(=O)C1CCCCC1NC(=O)c1ccc(S(=O)(=O)N2CCC(C)CC2)cc1. The van der Waals surface area contributed by atoms with E-state index in [0.717, 1.165) is 38.5 Å². The van der Waals surface area contributed by atoms with Crippen LogP contribution in [-0.4, -0.2) is 53.0 Å². The molecule has 1 aliphatic carbocycles. The molecule has 1 N–H and O–H groups in total. The highest BCUT2D eigenvalue weighted by molar-refractivity contribution is 7.89. The molecular weight excluding hydrogens is 408 g/mol. The van der Waals surface area contributed by atoms with Crippen LogP contribution in [-0.2, 0) is 20.8 Å². The molecule has 3 unspecified atom stereocenters. The van der Waals surface area contributed by atoms with Gasteiger partial charge in [0.1, 0.15) is 0 Å². The van der Waals surface area contributed by atoms with Gasteiger partial charge in [-0.15, -0.1) is 0 Å². The number of piperidine rings is 1. The third-order valence-corrected chi connectivity index (χ3v) is 9.86. The van der Waals surface area contributed by atoms with Gasteiger partial charge in [-0.25, -0.2) is 8.42 Å². The number of hydrogen-bond acceptors (Lipinski definition) is 4. The van der Waals surface area contributed by atoms with Crippen molar-refractivity contribution in [1.82, 2.24) is 9.62 Å². The van der Waals surface area contributed by atoms with Crippen LogP contribution in [0.4, 0.5) is 0 Å². The first-order valence-corrected chi connectivity index (χ1v) is 13.4. The van der Waals surface area contributed by atoms with Crippen LogP contribution in [0.1, 0.15) is 62.7 Å². The Balaban J connectivity index is 1.67. The summed E-state index contributed by atoms with van der Waals surface area (Å²) in [6.45, 7) is 5.14. The van der Waals surface area contributed by atoms with Crippen LogP contribution < -0.4 is 5.32 Å². The maximum absolute atomic E-state index is 12.8. The van der Waals surface area contributed by atoms with Gasteiger partial charge in [0.05, 0.1) is 10.1 Å². The summed E-state index contributed by atoms with van der Waals surface area (Å²) >= 11 is 0. The molecular formula is C21H32N2O4S2. The van der Waals surface area contributed by atoms with Gasteiger partial charge in [0.25, 0.3) is 5.91 Å². The van der Waals surface area contributed by atoms with Crippen LogP contribution in [0, 0.1) is 5.92 Å². The Labute approximate surface area is 177 Å². The minimum Gasteiger partial charge on any atom is -0.348 e. The zero-order valence-electron chi connectivity index (χ0n) is 17.3. The van der Waals surface area contributed by atoms with E-state index in [1.807, 2.05) is 6.92 Å². The predicted molar refractivity (Wildman–Crippen MR) is 116 cm³/mol. The fourth-order valence-electron chi connectivity index (χ4n) is 4.20. The quantitative estimate of drug-likeness (QED) is 0.737. The number of nitrogens with one attached hydrogen (secondary N) is 1. The van der Waals surface area contributed by atoms with Crippen molar-refractivity contribution in [1.29, 1.82) is 0 Å². The van der Waals surface area contributed by atoms with E-state index in [-0.39, 0.29) is 22.1 Å². The molecule has 3 rings (SSSR count). The van der Waals surface area contributed by atoms with Crippen molar-refractivity contribution in [3.05, 3.63) is 29.8 Å². The standard InChI is InChI=1S/C21H32N2O4S2/c1-3-28(25)20-7-5-4-6-19(20)22-21(24)17-8-10-18(11-9-17)29(26,27)23-14-12-16(2)13-15-23/h8-11,16,19-20H,3-7,12-15H2,1-2H3,(H,22,24). The number of amides is 1. The lowest BCUT2D eigenvalue weighted by Gasteiger charge is -2.31. The van der Waals surface area contributed by atoms with E-state index in [9.17, 15) is 17.4 Å². The molecule has 0 bridgehead atoms. The Hall–Kier alpha value is -1.25. The van der Waals surface area contributed by atoms with Crippen LogP contribution in [0.5, 0.6) is 0 Å². The summed E-state index contributed by atoms with van der Waals surface area (Å²) in [4.78, 5) is 12.9. The maximum atomic E-state index is 12.8. The smallest absolute Gasteiger partial charge is 0.251 e. The van der Waals surface area contributed by atoms with Gasteiger partial charge in [-0.05, 0) is 55.9 Å². The normalized spacial score (nSPS) is 25.4. The Morgan fingerprint density at radius 3 is 2.34 bits per heavy atom. The summed E-state index contributed by atoms with van der Waals surface area (Å²) in [5, 5.41) is 3.03. The average molecular weight is 441 g/mol. The van der Waals surface area contributed by atoms with E-state index >= 15 is 0 Å². The second-order valence-electron chi connectivity index (χ2n) is 8.18. The van der Waals surface area contributed by atoms with E-state index < -0.39 is 20.8 Å². The van der Waals surface area contributed by atoms with Gasteiger partial charge in [0, 0.05) is 41.2 Å².